The van der Waals surface area contributed by atoms with Gasteiger partial charge in [-0.3, -0.25) is 9.59 Å². The van der Waals surface area contributed by atoms with Crippen molar-refractivity contribution >= 4 is 17.6 Å². The smallest absolute Gasteiger partial charge is 0.339 e. The van der Waals surface area contributed by atoms with Crippen molar-refractivity contribution in [1.82, 2.24) is 4.57 Å². The van der Waals surface area contributed by atoms with Crippen LogP contribution in [0.4, 0.5) is 5.69 Å². The maximum absolute atomic E-state index is 12.0. The number of phenols is 1. The Labute approximate surface area is 119 Å². The van der Waals surface area contributed by atoms with E-state index < -0.39 is 17.6 Å². The molecule has 0 radical (unpaired) electrons. The number of anilines is 1. The topological polar surface area (TPSA) is 109 Å². The number of aromatic carboxylic acids is 1. The monoisotopic (exact) mass is 288 g/mol. The number of carbonyl (C=O) groups excluding carboxylic acids is 1. The first-order valence-corrected chi connectivity index (χ1v) is 5.93. The summed E-state index contributed by atoms with van der Waals surface area (Å²) in [5.74, 6) is -2.25. The average Bonchev–Trinajstić information content (AvgIpc) is 2.43. The molecule has 0 saturated carbocycles. The Kier molecular flexibility index (Phi) is 3.75. The second-order valence-corrected chi connectivity index (χ2v) is 4.36. The number of nitrogens with zero attached hydrogens (tertiary/aromatic N) is 1. The Balaban J connectivity index is 2.27. The van der Waals surface area contributed by atoms with Crippen LogP contribution >= 0.6 is 0 Å². The number of hydrogen-bond donors (Lipinski definition) is 3. The number of nitrogens with one attached hydrogen (secondary N) is 1. The van der Waals surface area contributed by atoms with E-state index in [9.17, 15) is 19.5 Å². The molecule has 0 bridgehead atoms. The maximum atomic E-state index is 12.0. The van der Waals surface area contributed by atoms with Gasteiger partial charge in [0.15, 0.2) is 0 Å². The minimum Gasteiger partial charge on any atom is -0.507 e. The van der Waals surface area contributed by atoms with Gasteiger partial charge in [0.2, 0.25) is 0 Å². The van der Waals surface area contributed by atoms with Gasteiger partial charge in [-0.05, 0) is 24.3 Å². The molecule has 0 saturated heterocycles. The van der Waals surface area contributed by atoms with Gasteiger partial charge in [-0.1, -0.05) is 0 Å². The number of aromatic nitrogens is 1. The lowest BCUT2D eigenvalue weighted by molar-refractivity contribution is 0.0693. The lowest BCUT2D eigenvalue weighted by atomic mass is 10.1. The number of rotatable bonds is 3. The molecule has 0 aliphatic carbocycles. The molecule has 2 rings (SSSR count). The Bertz CT molecular complexity index is 779. The Hall–Kier alpha value is -3.09. The summed E-state index contributed by atoms with van der Waals surface area (Å²) in [6, 6.07) is 6.31. The van der Waals surface area contributed by atoms with Crippen molar-refractivity contribution in [2.75, 3.05) is 5.32 Å². The quantitative estimate of drug-likeness (QED) is 0.731. The molecule has 0 spiro atoms. The largest absolute Gasteiger partial charge is 0.507 e. The molecule has 0 unspecified atom stereocenters. The molecule has 3 N–H and O–H groups in total. The SMILES string of the molecule is Cn1ccc(C(=O)Nc2ccc(O)c(C(=O)O)c2)cc1=O. The molecule has 1 amide bonds. The van der Waals surface area contributed by atoms with E-state index in [-0.39, 0.29) is 22.4 Å². The van der Waals surface area contributed by atoms with Gasteiger partial charge in [0, 0.05) is 30.6 Å². The van der Waals surface area contributed by atoms with Gasteiger partial charge < -0.3 is 20.1 Å². The van der Waals surface area contributed by atoms with Crippen LogP contribution in [0.5, 0.6) is 5.75 Å². The maximum Gasteiger partial charge on any atom is 0.339 e. The third kappa shape index (κ3) is 3.08. The van der Waals surface area contributed by atoms with Crippen LogP contribution in [0.2, 0.25) is 0 Å². The van der Waals surface area contributed by atoms with Crippen molar-refractivity contribution in [1.29, 1.82) is 0 Å². The zero-order valence-electron chi connectivity index (χ0n) is 11.0. The van der Waals surface area contributed by atoms with Crippen LogP contribution in [-0.4, -0.2) is 26.7 Å². The van der Waals surface area contributed by atoms with Crippen LogP contribution in [0, 0.1) is 0 Å². The summed E-state index contributed by atoms with van der Waals surface area (Å²) in [7, 11) is 1.56. The van der Waals surface area contributed by atoms with Crippen LogP contribution in [0.1, 0.15) is 20.7 Å². The van der Waals surface area contributed by atoms with E-state index in [4.69, 9.17) is 5.11 Å². The minimum atomic E-state index is -1.31. The van der Waals surface area contributed by atoms with Gasteiger partial charge >= 0.3 is 5.97 Å². The fourth-order valence-corrected chi connectivity index (χ4v) is 1.68. The highest BCUT2D eigenvalue weighted by atomic mass is 16.4. The number of aromatic hydroxyl groups is 1. The fraction of sp³-hybridized carbons (Fsp3) is 0.0714. The number of hydrogen-bond acceptors (Lipinski definition) is 4. The summed E-state index contributed by atoms with van der Waals surface area (Å²) < 4.78 is 1.32. The predicted molar refractivity (Wildman–Crippen MR) is 74.7 cm³/mol. The molecule has 1 heterocycles. The molecule has 7 nitrogen and oxygen atoms in total. The van der Waals surface area contributed by atoms with E-state index in [1.165, 1.54) is 35.0 Å². The number of aryl methyl sites for hydroxylation is 1. The Morgan fingerprint density at radius 3 is 2.52 bits per heavy atom. The summed E-state index contributed by atoms with van der Waals surface area (Å²) >= 11 is 0. The fourth-order valence-electron chi connectivity index (χ4n) is 1.68. The van der Waals surface area contributed by atoms with Gasteiger partial charge in [-0.2, -0.15) is 0 Å². The first-order valence-electron chi connectivity index (χ1n) is 5.93. The zero-order valence-corrected chi connectivity index (χ0v) is 11.0. The number of carbonyl (C=O) groups is 2. The van der Waals surface area contributed by atoms with Gasteiger partial charge in [0.05, 0.1) is 0 Å². The van der Waals surface area contributed by atoms with Crippen LogP contribution < -0.4 is 10.9 Å². The first kappa shape index (κ1) is 14.3. The second kappa shape index (κ2) is 5.49. The third-order valence-corrected chi connectivity index (χ3v) is 2.85. The van der Waals surface area contributed by atoms with Gasteiger partial charge in [-0.25, -0.2) is 4.79 Å². The van der Waals surface area contributed by atoms with Crippen LogP contribution in [0.15, 0.2) is 41.3 Å². The highest BCUT2D eigenvalue weighted by Gasteiger charge is 2.12. The van der Waals surface area contributed by atoms with E-state index >= 15 is 0 Å². The highest BCUT2D eigenvalue weighted by Crippen LogP contribution is 2.21. The van der Waals surface area contributed by atoms with Crippen molar-refractivity contribution in [3.05, 3.63) is 58.0 Å². The predicted octanol–water partition coefficient (Wildman–Crippen LogP) is 1.04. The van der Waals surface area contributed by atoms with Crippen LogP contribution in [0.3, 0.4) is 0 Å². The second-order valence-electron chi connectivity index (χ2n) is 4.36. The highest BCUT2D eigenvalue weighted by molar-refractivity contribution is 6.04. The standard InChI is InChI=1S/C14H12N2O5/c1-16-5-4-8(6-12(16)18)13(19)15-9-2-3-11(17)10(7-9)14(20)21/h2-7,17H,1H3,(H,15,19)(H,20,21). The van der Waals surface area contributed by atoms with Gasteiger partial charge in [-0.15, -0.1) is 0 Å². The van der Waals surface area contributed by atoms with Gasteiger partial charge in [0.25, 0.3) is 11.5 Å². The number of benzene rings is 1. The third-order valence-electron chi connectivity index (χ3n) is 2.85. The molecular weight excluding hydrogens is 276 g/mol. The molecular formula is C14H12N2O5. The van der Waals surface area contributed by atoms with Crippen molar-refractivity contribution in [3.63, 3.8) is 0 Å². The van der Waals surface area contributed by atoms with Crippen LogP contribution in [-0.2, 0) is 7.05 Å². The molecule has 108 valence electrons. The zero-order chi connectivity index (χ0) is 15.6. The molecule has 1 aromatic carbocycles. The number of pyridine rings is 1. The Morgan fingerprint density at radius 1 is 1.19 bits per heavy atom. The summed E-state index contributed by atoms with van der Waals surface area (Å²) in [4.78, 5) is 34.3. The van der Waals surface area contributed by atoms with Gasteiger partial charge in [0.1, 0.15) is 11.3 Å². The van der Waals surface area contributed by atoms with Crippen LogP contribution in [0.25, 0.3) is 0 Å². The first-order chi connectivity index (χ1) is 9.88. The van der Waals surface area contributed by atoms with Crippen molar-refractivity contribution in [3.8, 4) is 5.75 Å². The number of carboxylic acid groups (broad SMARTS) is 1. The van der Waals surface area contributed by atoms with E-state index in [1.807, 2.05) is 0 Å². The number of amides is 1. The molecule has 0 aliphatic heterocycles. The summed E-state index contributed by atoms with van der Waals surface area (Å²) in [5.41, 5.74) is -0.296. The summed E-state index contributed by atoms with van der Waals surface area (Å²) in [6.07, 6.45) is 1.46. The van der Waals surface area contributed by atoms with E-state index in [0.29, 0.717) is 0 Å². The molecule has 1 aromatic heterocycles. The summed E-state index contributed by atoms with van der Waals surface area (Å²) in [5, 5.41) is 20.7. The lowest BCUT2D eigenvalue weighted by Gasteiger charge is -2.07. The molecule has 21 heavy (non-hydrogen) atoms. The normalized spacial score (nSPS) is 10.1. The molecule has 0 atom stereocenters. The van der Waals surface area contributed by atoms with E-state index in [2.05, 4.69) is 5.32 Å². The van der Waals surface area contributed by atoms with Crippen molar-refractivity contribution < 1.29 is 19.8 Å². The minimum absolute atomic E-state index is 0.156. The molecule has 0 aliphatic rings. The van der Waals surface area contributed by atoms with E-state index in [1.54, 1.807) is 7.05 Å². The number of carboxylic acids is 1. The van der Waals surface area contributed by atoms with E-state index in [0.717, 1.165) is 6.07 Å². The molecule has 2 aromatic rings. The molecule has 0 fully saturated rings. The summed E-state index contributed by atoms with van der Waals surface area (Å²) in [6.45, 7) is 0. The lowest BCUT2D eigenvalue weighted by Crippen LogP contribution is -2.20. The van der Waals surface area contributed by atoms with Crippen molar-refractivity contribution in [2.45, 2.75) is 0 Å². The van der Waals surface area contributed by atoms with Crippen molar-refractivity contribution in [2.24, 2.45) is 7.05 Å². The molecule has 7 heteroatoms. The Morgan fingerprint density at radius 2 is 1.90 bits per heavy atom. The average molecular weight is 288 g/mol.